The second kappa shape index (κ2) is 6.84. The Kier molecular flexibility index (Phi) is 4.39. The van der Waals surface area contributed by atoms with Crippen molar-refractivity contribution in [3.8, 4) is 22.9 Å². The molecule has 0 aliphatic heterocycles. The van der Waals surface area contributed by atoms with Crippen LogP contribution in [0.2, 0.25) is 0 Å². The van der Waals surface area contributed by atoms with Crippen molar-refractivity contribution in [2.75, 3.05) is 0 Å². The Morgan fingerprint density at radius 1 is 1.00 bits per heavy atom. The summed E-state index contributed by atoms with van der Waals surface area (Å²) in [6, 6.07) is 17.7. The molecular weight excluding hydrogens is 395 g/mol. The largest absolute Gasteiger partial charge is 0.456 e. The number of pyridine rings is 2. The first-order valence-corrected chi connectivity index (χ1v) is 8.86. The average Bonchev–Trinajstić information content (AvgIpc) is 2.64. The third-order valence-corrected chi connectivity index (χ3v) is 4.55. The molecule has 0 saturated heterocycles. The average molecular weight is 409 g/mol. The number of fused-ring (bicyclic) bond motifs is 1. The SMILES string of the molecule is Cc1c(-c2ccccn2)nc2cc(F)ccc2c1Oc1cccc(Br)c1. The summed E-state index contributed by atoms with van der Waals surface area (Å²) in [4.78, 5) is 9.02. The highest BCUT2D eigenvalue weighted by Crippen LogP contribution is 2.37. The summed E-state index contributed by atoms with van der Waals surface area (Å²) in [6.45, 7) is 1.94. The van der Waals surface area contributed by atoms with E-state index in [2.05, 4.69) is 25.9 Å². The van der Waals surface area contributed by atoms with Crippen LogP contribution in [0.4, 0.5) is 4.39 Å². The van der Waals surface area contributed by atoms with E-state index in [4.69, 9.17) is 4.74 Å². The van der Waals surface area contributed by atoms with Crippen LogP contribution < -0.4 is 4.74 Å². The number of benzene rings is 2. The molecule has 0 atom stereocenters. The van der Waals surface area contributed by atoms with Crippen molar-refractivity contribution < 1.29 is 9.13 Å². The van der Waals surface area contributed by atoms with Gasteiger partial charge in [0.25, 0.3) is 0 Å². The zero-order valence-electron chi connectivity index (χ0n) is 13.9. The zero-order valence-corrected chi connectivity index (χ0v) is 15.5. The van der Waals surface area contributed by atoms with E-state index in [0.717, 1.165) is 21.1 Å². The van der Waals surface area contributed by atoms with Gasteiger partial charge in [-0.1, -0.05) is 28.1 Å². The van der Waals surface area contributed by atoms with E-state index in [1.165, 1.54) is 12.1 Å². The number of rotatable bonds is 3. The molecule has 0 fully saturated rings. The molecule has 0 bridgehead atoms. The highest BCUT2D eigenvalue weighted by atomic mass is 79.9. The summed E-state index contributed by atoms with van der Waals surface area (Å²) < 4.78 is 20.9. The standard InChI is InChI=1S/C21H14BrFN2O/c1-13-20(18-7-2-3-10-24-18)25-19-12-15(23)8-9-17(19)21(13)26-16-6-4-5-14(22)11-16/h2-12H,1H3. The number of hydrogen-bond acceptors (Lipinski definition) is 3. The first-order chi connectivity index (χ1) is 12.6. The Hall–Kier alpha value is -2.79. The van der Waals surface area contributed by atoms with Crippen LogP contribution in [0.25, 0.3) is 22.3 Å². The summed E-state index contributed by atoms with van der Waals surface area (Å²) in [5, 5.41) is 0.753. The smallest absolute Gasteiger partial charge is 0.141 e. The Labute approximate surface area is 158 Å². The lowest BCUT2D eigenvalue weighted by molar-refractivity contribution is 0.484. The second-order valence-electron chi connectivity index (χ2n) is 5.85. The molecule has 0 aliphatic carbocycles. The van der Waals surface area contributed by atoms with E-state index >= 15 is 0 Å². The van der Waals surface area contributed by atoms with Crippen molar-refractivity contribution in [3.63, 3.8) is 0 Å². The van der Waals surface area contributed by atoms with Gasteiger partial charge in [-0.15, -0.1) is 0 Å². The predicted octanol–water partition coefficient (Wildman–Crippen LogP) is 6.30. The molecule has 0 N–H and O–H groups in total. The summed E-state index contributed by atoms with van der Waals surface area (Å²) in [6.07, 6.45) is 1.71. The van der Waals surface area contributed by atoms with Crippen LogP contribution in [0.15, 0.2) is 71.3 Å². The van der Waals surface area contributed by atoms with Gasteiger partial charge in [0.1, 0.15) is 17.3 Å². The molecule has 0 aliphatic rings. The molecule has 4 aromatic rings. The van der Waals surface area contributed by atoms with Gasteiger partial charge in [-0.3, -0.25) is 4.98 Å². The summed E-state index contributed by atoms with van der Waals surface area (Å²) in [5.74, 6) is 0.995. The first-order valence-electron chi connectivity index (χ1n) is 8.06. The molecule has 2 heterocycles. The van der Waals surface area contributed by atoms with E-state index in [9.17, 15) is 4.39 Å². The van der Waals surface area contributed by atoms with Crippen molar-refractivity contribution in [1.82, 2.24) is 9.97 Å². The Bertz CT molecular complexity index is 1100. The van der Waals surface area contributed by atoms with Gasteiger partial charge in [0, 0.05) is 27.7 Å². The van der Waals surface area contributed by atoms with Crippen LogP contribution in [-0.4, -0.2) is 9.97 Å². The zero-order chi connectivity index (χ0) is 18.1. The molecule has 0 amide bonds. The van der Waals surface area contributed by atoms with Crippen LogP contribution in [-0.2, 0) is 0 Å². The molecule has 128 valence electrons. The maximum atomic E-state index is 13.8. The molecule has 2 aromatic heterocycles. The van der Waals surface area contributed by atoms with Crippen LogP contribution in [0.3, 0.4) is 0 Å². The molecule has 0 saturated carbocycles. The summed E-state index contributed by atoms with van der Waals surface area (Å²) >= 11 is 3.45. The number of hydrogen-bond donors (Lipinski definition) is 0. The molecule has 2 aromatic carbocycles. The molecule has 0 radical (unpaired) electrons. The molecular formula is C21H14BrFN2O. The Morgan fingerprint density at radius 2 is 1.88 bits per heavy atom. The number of aromatic nitrogens is 2. The maximum absolute atomic E-state index is 13.8. The number of ether oxygens (including phenoxy) is 1. The van der Waals surface area contributed by atoms with Crippen molar-refractivity contribution in [2.24, 2.45) is 0 Å². The monoisotopic (exact) mass is 408 g/mol. The third-order valence-electron chi connectivity index (χ3n) is 4.06. The van der Waals surface area contributed by atoms with Gasteiger partial charge in [-0.05, 0) is 49.4 Å². The van der Waals surface area contributed by atoms with Crippen LogP contribution in [0.5, 0.6) is 11.5 Å². The van der Waals surface area contributed by atoms with Gasteiger partial charge >= 0.3 is 0 Å². The molecule has 4 rings (SSSR count). The van der Waals surface area contributed by atoms with Gasteiger partial charge in [0.2, 0.25) is 0 Å². The Balaban J connectivity index is 1.96. The minimum Gasteiger partial charge on any atom is -0.456 e. The quantitative estimate of drug-likeness (QED) is 0.398. The minimum atomic E-state index is -0.339. The van der Waals surface area contributed by atoms with Crippen molar-refractivity contribution >= 4 is 26.8 Å². The van der Waals surface area contributed by atoms with E-state index in [-0.39, 0.29) is 5.82 Å². The van der Waals surface area contributed by atoms with Gasteiger partial charge in [0.05, 0.1) is 16.9 Å². The predicted molar refractivity (Wildman–Crippen MR) is 104 cm³/mol. The fourth-order valence-electron chi connectivity index (χ4n) is 2.84. The Morgan fingerprint density at radius 3 is 2.65 bits per heavy atom. The topological polar surface area (TPSA) is 35.0 Å². The van der Waals surface area contributed by atoms with E-state index < -0.39 is 0 Å². The lowest BCUT2D eigenvalue weighted by Gasteiger charge is -2.15. The number of halogens is 2. The summed E-state index contributed by atoms with van der Waals surface area (Å²) in [5.41, 5.74) is 2.77. The van der Waals surface area contributed by atoms with Gasteiger partial charge in [-0.2, -0.15) is 0 Å². The molecule has 0 spiro atoms. The normalized spacial score (nSPS) is 10.9. The van der Waals surface area contributed by atoms with Gasteiger partial charge in [0.15, 0.2) is 0 Å². The highest BCUT2D eigenvalue weighted by molar-refractivity contribution is 9.10. The lowest BCUT2D eigenvalue weighted by Crippen LogP contribution is -1.98. The second-order valence-corrected chi connectivity index (χ2v) is 6.77. The summed E-state index contributed by atoms with van der Waals surface area (Å²) in [7, 11) is 0. The van der Waals surface area contributed by atoms with Crippen LogP contribution in [0.1, 0.15) is 5.56 Å². The molecule has 0 unspecified atom stereocenters. The fraction of sp³-hybridized carbons (Fsp3) is 0.0476. The van der Waals surface area contributed by atoms with Crippen molar-refractivity contribution in [3.05, 3.63) is 82.7 Å². The van der Waals surface area contributed by atoms with Crippen molar-refractivity contribution in [1.29, 1.82) is 0 Å². The maximum Gasteiger partial charge on any atom is 0.141 e. The fourth-order valence-corrected chi connectivity index (χ4v) is 3.21. The highest BCUT2D eigenvalue weighted by Gasteiger charge is 2.16. The van der Waals surface area contributed by atoms with Gasteiger partial charge in [-0.25, -0.2) is 9.37 Å². The molecule has 3 nitrogen and oxygen atoms in total. The van der Waals surface area contributed by atoms with Crippen LogP contribution >= 0.6 is 15.9 Å². The lowest BCUT2D eigenvalue weighted by atomic mass is 10.1. The third kappa shape index (κ3) is 3.18. The van der Waals surface area contributed by atoms with E-state index in [1.54, 1.807) is 12.3 Å². The van der Waals surface area contributed by atoms with Crippen molar-refractivity contribution in [2.45, 2.75) is 6.92 Å². The first kappa shape index (κ1) is 16.7. The molecule has 5 heteroatoms. The van der Waals surface area contributed by atoms with E-state index in [1.807, 2.05) is 49.4 Å². The molecule has 26 heavy (non-hydrogen) atoms. The van der Waals surface area contributed by atoms with Crippen LogP contribution in [0, 0.1) is 12.7 Å². The number of nitrogens with zero attached hydrogens (tertiary/aromatic N) is 2. The van der Waals surface area contributed by atoms with E-state index in [0.29, 0.717) is 22.7 Å². The van der Waals surface area contributed by atoms with Gasteiger partial charge < -0.3 is 4.74 Å². The minimum absolute atomic E-state index is 0.339.